The molecule has 0 atom stereocenters. The summed E-state index contributed by atoms with van der Waals surface area (Å²) < 4.78 is 2.13. The van der Waals surface area contributed by atoms with Crippen LogP contribution in [0, 0.1) is 20.8 Å². The van der Waals surface area contributed by atoms with Gasteiger partial charge in [-0.2, -0.15) is 5.10 Å². The van der Waals surface area contributed by atoms with E-state index in [1.807, 2.05) is 45.0 Å². The highest BCUT2D eigenvalue weighted by molar-refractivity contribution is 6.30. The molecule has 0 saturated heterocycles. The van der Waals surface area contributed by atoms with Gasteiger partial charge in [0.05, 0.1) is 11.8 Å². The summed E-state index contributed by atoms with van der Waals surface area (Å²) in [6.45, 7) is 6.09. The first-order valence-electron chi connectivity index (χ1n) is 8.16. The van der Waals surface area contributed by atoms with E-state index in [4.69, 9.17) is 11.6 Å². The van der Waals surface area contributed by atoms with Gasteiger partial charge >= 0.3 is 0 Å². The van der Waals surface area contributed by atoms with Gasteiger partial charge in [0.2, 0.25) is 0 Å². The molecule has 0 spiro atoms. The van der Waals surface area contributed by atoms with Crippen LogP contribution < -0.4 is 5.43 Å². The number of rotatable bonds is 4. The van der Waals surface area contributed by atoms with Crippen LogP contribution in [0.25, 0.3) is 5.69 Å². The second-order valence-electron chi connectivity index (χ2n) is 6.03. The lowest BCUT2D eigenvalue weighted by molar-refractivity contribution is 0.0955. The van der Waals surface area contributed by atoms with Crippen molar-refractivity contribution >= 4 is 23.7 Å². The van der Waals surface area contributed by atoms with E-state index in [9.17, 15) is 4.79 Å². The highest BCUT2D eigenvalue weighted by atomic mass is 35.5. The number of hydrogen-bond donors (Lipinski definition) is 1. The number of hydrogen-bond acceptors (Lipinski definition) is 3. The zero-order chi connectivity index (χ0) is 18.7. The van der Waals surface area contributed by atoms with Gasteiger partial charge in [0.1, 0.15) is 0 Å². The first kappa shape index (κ1) is 17.9. The van der Waals surface area contributed by atoms with Crippen molar-refractivity contribution in [2.45, 2.75) is 20.8 Å². The molecule has 132 valence electrons. The van der Waals surface area contributed by atoms with E-state index in [1.54, 1.807) is 24.5 Å². The maximum absolute atomic E-state index is 12.0. The second-order valence-corrected chi connectivity index (χ2v) is 6.47. The molecule has 0 radical (unpaired) electrons. The molecule has 0 fully saturated rings. The fourth-order valence-corrected chi connectivity index (χ4v) is 3.00. The number of amides is 1. The maximum atomic E-state index is 12.0. The third-order valence-corrected chi connectivity index (χ3v) is 4.41. The normalized spacial score (nSPS) is 11.1. The van der Waals surface area contributed by atoms with Gasteiger partial charge in [-0.15, -0.1) is 0 Å². The maximum Gasteiger partial charge on any atom is 0.272 e. The highest BCUT2D eigenvalue weighted by Gasteiger charge is 2.12. The van der Waals surface area contributed by atoms with E-state index in [2.05, 4.69) is 20.1 Å². The Bertz CT molecular complexity index is 977. The van der Waals surface area contributed by atoms with Crippen LogP contribution in [-0.2, 0) is 0 Å². The molecule has 2 aromatic heterocycles. The van der Waals surface area contributed by atoms with Gasteiger partial charge in [-0.05, 0) is 56.7 Å². The van der Waals surface area contributed by atoms with E-state index in [0.29, 0.717) is 10.6 Å². The third-order valence-electron chi connectivity index (χ3n) is 4.18. The minimum atomic E-state index is -0.297. The molecular weight excluding hydrogens is 348 g/mol. The van der Waals surface area contributed by atoms with Crippen LogP contribution in [0.4, 0.5) is 0 Å². The quantitative estimate of drug-likeness (QED) is 0.555. The smallest absolute Gasteiger partial charge is 0.272 e. The van der Waals surface area contributed by atoms with E-state index in [0.717, 1.165) is 28.2 Å². The Labute approximate surface area is 157 Å². The van der Waals surface area contributed by atoms with Crippen molar-refractivity contribution in [2.24, 2.45) is 5.10 Å². The number of nitrogens with one attached hydrogen (secondary N) is 1. The minimum Gasteiger partial charge on any atom is -0.318 e. The SMILES string of the molecule is Cc1ccc(Cl)cc1-n1c(C)cc(/C=N\NC(=O)c2cccnc2)c1C. The number of hydrazone groups is 1. The molecule has 0 bridgehead atoms. The van der Waals surface area contributed by atoms with Crippen LogP contribution in [0.15, 0.2) is 53.9 Å². The molecular formula is C20H19ClN4O. The Hall–Kier alpha value is -2.92. The third kappa shape index (κ3) is 3.68. The first-order chi connectivity index (χ1) is 12.5. The van der Waals surface area contributed by atoms with Crippen LogP contribution in [-0.4, -0.2) is 21.7 Å². The van der Waals surface area contributed by atoms with Gasteiger partial charge in [0, 0.05) is 40.1 Å². The fraction of sp³-hybridized carbons (Fsp3) is 0.150. The zero-order valence-corrected chi connectivity index (χ0v) is 15.6. The molecule has 0 aliphatic rings. The molecule has 3 aromatic rings. The van der Waals surface area contributed by atoms with Gasteiger partial charge in [0.15, 0.2) is 0 Å². The van der Waals surface area contributed by atoms with Crippen LogP contribution in [0.2, 0.25) is 5.02 Å². The lowest BCUT2D eigenvalue weighted by atomic mass is 10.2. The molecule has 6 heteroatoms. The Balaban J connectivity index is 1.84. The van der Waals surface area contributed by atoms with Crippen molar-refractivity contribution in [3.8, 4) is 5.69 Å². The molecule has 26 heavy (non-hydrogen) atoms. The summed E-state index contributed by atoms with van der Waals surface area (Å²) in [5.41, 5.74) is 8.16. The Morgan fingerprint density at radius 1 is 1.23 bits per heavy atom. The summed E-state index contributed by atoms with van der Waals surface area (Å²) >= 11 is 6.16. The second kappa shape index (κ2) is 7.54. The van der Waals surface area contributed by atoms with Crippen molar-refractivity contribution in [1.29, 1.82) is 0 Å². The monoisotopic (exact) mass is 366 g/mol. The average Bonchev–Trinajstić information content (AvgIpc) is 2.91. The van der Waals surface area contributed by atoms with E-state index < -0.39 is 0 Å². The summed E-state index contributed by atoms with van der Waals surface area (Å²) in [5, 5.41) is 4.77. The Morgan fingerprint density at radius 2 is 2.04 bits per heavy atom. The summed E-state index contributed by atoms with van der Waals surface area (Å²) in [6.07, 6.45) is 4.76. The van der Waals surface area contributed by atoms with E-state index in [-0.39, 0.29) is 5.91 Å². The predicted octanol–water partition coefficient (Wildman–Crippen LogP) is 4.21. The number of benzene rings is 1. The summed E-state index contributed by atoms with van der Waals surface area (Å²) in [4.78, 5) is 15.9. The molecule has 0 saturated carbocycles. The van der Waals surface area contributed by atoms with Crippen LogP contribution in [0.3, 0.4) is 0 Å². The van der Waals surface area contributed by atoms with Crippen molar-refractivity contribution in [2.75, 3.05) is 0 Å². The zero-order valence-electron chi connectivity index (χ0n) is 14.8. The molecule has 0 aliphatic carbocycles. The summed E-state index contributed by atoms with van der Waals surface area (Å²) in [6, 6.07) is 11.2. The van der Waals surface area contributed by atoms with Crippen LogP contribution in [0.5, 0.6) is 0 Å². The number of carbonyl (C=O) groups excluding carboxylic acids is 1. The molecule has 3 rings (SSSR count). The molecule has 0 aliphatic heterocycles. The van der Waals surface area contributed by atoms with Gasteiger partial charge in [-0.25, -0.2) is 5.43 Å². The Kier molecular flexibility index (Phi) is 5.19. The average molecular weight is 367 g/mol. The number of pyridine rings is 1. The molecule has 2 heterocycles. The molecule has 1 amide bonds. The lowest BCUT2D eigenvalue weighted by Gasteiger charge is -2.13. The summed E-state index contributed by atoms with van der Waals surface area (Å²) in [5.74, 6) is -0.297. The molecule has 5 nitrogen and oxygen atoms in total. The minimum absolute atomic E-state index is 0.297. The molecule has 0 unspecified atom stereocenters. The topological polar surface area (TPSA) is 59.3 Å². The van der Waals surface area contributed by atoms with Crippen molar-refractivity contribution < 1.29 is 4.79 Å². The first-order valence-corrected chi connectivity index (χ1v) is 8.54. The van der Waals surface area contributed by atoms with Crippen molar-refractivity contribution in [3.05, 3.63) is 81.9 Å². The lowest BCUT2D eigenvalue weighted by Crippen LogP contribution is -2.17. The molecule has 1 N–H and O–H groups in total. The number of aromatic nitrogens is 2. The van der Waals surface area contributed by atoms with Gasteiger partial charge in [-0.3, -0.25) is 9.78 Å². The van der Waals surface area contributed by atoms with Crippen LogP contribution in [0.1, 0.15) is 32.9 Å². The van der Waals surface area contributed by atoms with Gasteiger partial charge in [-0.1, -0.05) is 17.7 Å². The van der Waals surface area contributed by atoms with Crippen molar-refractivity contribution in [3.63, 3.8) is 0 Å². The van der Waals surface area contributed by atoms with Crippen molar-refractivity contribution in [1.82, 2.24) is 15.0 Å². The van der Waals surface area contributed by atoms with E-state index in [1.165, 1.54) is 6.20 Å². The summed E-state index contributed by atoms with van der Waals surface area (Å²) in [7, 11) is 0. The van der Waals surface area contributed by atoms with Crippen LogP contribution >= 0.6 is 11.6 Å². The number of carbonyl (C=O) groups is 1. The Morgan fingerprint density at radius 3 is 2.77 bits per heavy atom. The largest absolute Gasteiger partial charge is 0.318 e. The number of halogens is 1. The predicted molar refractivity (Wildman–Crippen MR) is 104 cm³/mol. The van der Waals surface area contributed by atoms with Gasteiger partial charge < -0.3 is 4.57 Å². The molecule has 1 aromatic carbocycles. The van der Waals surface area contributed by atoms with Gasteiger partial charge in [0.25, 0.3) is 5.91 Å². The standard InChI is InChI=1S/C20H19ClN4O/c1-13-6-7-18(21)10-19(13)25-14(2)9-17(15(25)3)12-23-24-20(26)16-5-4-8-22-11-16/h4-12H,1-3H3,(H,24,26)/b23-12-. The van der Waals surface area contributed by atoms with E-state index >= 15 is 0 Å². The number of aryl methyl sites for hydroxylation is 2. The number of nitrogens with zero attached hydrogens (tertiary/aromatic N) is 3. The highest BCUT2D eigenvalue weighted by Crippen LogP contribution is 2.25. The fourth-order valence-electron chi connectivity index (χ4n) is 2.83.